The highest BCUT2D eigenvalue weighted by Gasteiger charge is 2.13. The van der Waals surface area contributed by atoms with E-state index in [1.54, 1.807) is 26.2 Å². The number of nitrogens with zero attached hydrogens (tertiary/aromatic N) is 2. The molecule has 0 saturated heterocycles. The SMILES string of the molecule is C#CCOc1c(Cl)cc(/C=C(/C#N)C(=O)N(C)C)cc1Br. The topological polar surface area (TPSA) is 53.3 Å². The molecule has 108 valence electrons. The first kappa shape index (κ1) is 17.1. The Balaban J connectivity index is 3.19. The lowest BCUT2D eigenvalue weighted by molar-refractivity contribution is -0.124. The normalized spacial score (nSPS) is 10.5. The van der Waals surface area contributed by atoms with Gasteiger partial charge >= 0.3 is 0 Å². The van der Waals surface area contributed by atoms with Crippen molar-refractivity contribution < 1.29 is 9.53 Å². The van der Waals surface area contributed by atoms with Crippen molar-refractivity contribution in [3.63, 3.8) is 0 Å². The number of hydrogen-bond acceptors (Lipinski definition) is 3. The zero-order valence-corrected chi connectivity index (χ0v) is 13.8. The molecule has 1 rings (SSSR count). The third kappa shape index (κ3) is 4.53. The fraction of sp³-hybridized carbons (Fsp3) is 0.200. The fourth-order valence-corrected chi connectivity index (χ4v) is 2.45. The van der Waals surface area contributed by atoms with Gasteiger partial charge in [-0.15, -0.1) is 6.42 Å². The molecule has 0 aliphatic rings. The second-order valence-corrected chi connectivity index (χ2v) is 5.44. The van der Waals surface area contributed by atoms with Gasteiger partial charge in [-0.2, -0.15) is 5.26 Å². The number of hydrogen-bond donors (Lipinski definition) is 0. The molecule has 6 heteroatoms. The van der Waals surface area contributed by atoms with Crippen molar-refractivity contribution in [2.24, 2.45) is 0 Å². The minimum absolute atomic E-state index is 0.0141. The number of likely N-dealkylation sites (N-methyl/N-ethyl adjacent to an activating group) is 1. The molecule has 0 saturated carbocycles. The van der Waals surface area contributed by atoms with Crippen molar-refractivity contribution in [1.29, 1.82) is 5.26 Å². The zero-order valence-electron chi connectivity index (χ0n) is 11.5. The Morgan fingerprint density at radius 3 is 2.71 bits per heavy atom. The molecule has 0 unspecified atom stereocenters. The molecule has 0 bridgehead atoms. The Hall–Kier alpha value is -1.95. The first-order valence-corrected chi connectivity index (χ1v) is 6.96. The maximum absolute atomic E-state index is 11.8. The van der Waals surface area contributed by atoms with Gasteiger partial charge in [0.25, 0.3) is 5.91 Å². The summed E-state index contributed by atoms with van der Waals surface area (Å²) in [7, 11) is 3.15. The van der Waals surface area contributed by atoms with Gasteiger partial charge in [0, 0.05) is 14.1 Å². The molecule has 21 heavy (non-hydrogen) atoms. The van der Waals surface area contributed by atoms with Gasteiger partial charge in [0.05, 0.1) is 9.50 Å². The highest BCUT2D eigenvalue weighted by Crippen LogP contribution is 2.35. The van der Waals surface area contributed by atoms with E-state index in [9.17, 15) is 4.79 Å². The molecule has 0 heterocycles. The van der Waals surface area contributed by atoms with Crippen LogP contribution in [0.25, 0.3) is 6.08 Å². The number of halogens is 2. The summed E-state index contributed by atoms with van der Waals surface area (Å²) in [5, 5.41) is 9.39. The maximum Gasteiger partial charge on any atom is 0.264 e. The monoisotopic (exact) mass is 366 g/mol. The first-order valence-electron chi connectivity index (χ1n) is 5.79. The predicted octanol–water partition coefficient (Wildman–Crippen LogP) is 3.11. The number of amides is 1. The quantitative estimate of drug-likeness (QED) is 0.467. The van der Waals surface area contributed by atoms with Crippen LogP contribution >= 0.6 is 27.5 Å². The van der Waals surface area contributed by atoms with Crippen LogP contribution in [0.5, 0.6) is 5.75 Å². The predicted molar refractivity (Wildman–Crippen MR) is 85.8 cm³/mol. The minimum Gasteiger partial charge on any atom is -0.478 e. The van der Waals surface area contributed by atoms with Crippen LogP contribution in [0.4, 0.5) is 0 Å². The Labute approximate surface area is 137 Å². The molecule has 0 N–H and O–H groups in total. The smallest absolute Gasteiger partial charge is 0.264 e. The van der Waals surface area contributed by atoms with E-state index in [1.165, 1.54) is 11.0 Å². The van der Waals surface area contributed by atoms with Gasteiger partial charge in [-0.05, 0) is 39.7 Å². The molecule has 0 aliphatic carbocycles. The average molecular weight is 368 g/mol. The average Bonchev–Trinajstić information content (AvgIpc) is 2.43. The third-order valence-electron chi connectivity index (χ3n) is 2.39. The number of benzene rings is 1. The van der Waals surface area contributed by atoms with Crippen LogP contribution in [0.2, 0.25) is 5.02 Å². The number of carbonyl (C=O) groups is 1. The van der Waals surface area contributed by atoms with Crippen LogP contribution in [0, 0.1) is 23.7 Å². The number of carbonyl (C=O) groups excluding carboxylic acids is 1. The molecule has 0 fully saturated rings. The molecule has 1 amide bonds. The molecule has 0 atom stereocenters. The summed E-state index contributed by atoms with van der Waals surface area (Å²) in [4.78, 5) is 13.1. The van der Waals surface area contributed by atoms with E-state index in [0.717, 1.165) is 0 Å². The molecular formula is C15H12BrClN2O2. The van der Waals surface area contributed by atoms with Crippen molar-refractivity contribution in [2.75, 3.05) is 20.7 Å². The lowest BCUT2D eigenvalue weighted by atomic mass is 10.1. The van der Waals surface area contributed by atoms with Crippen molar-refractivity contribution in [3.8, 4) is 24.2 Å². The van der Waals surface area contributed by atoms with Gasteiger partial charge in [-0.25, -0.2) is 0 Å². The zero-order chi connectivity index (χ0) is 16.0. The highest BCUT2D eigenvalue weighted by atomic mass is 79.9. The second kappa shape index (κ2) is 7.73. The van der Waals surface area contributed by atoms with Gasteiger partial charge in [0.2, 0.25) is 0 Å². The van der Waals surface area contributed by atoms with Gasteiger partial charge in [0.1, 0.15) is 18.2 Å². The first-order chi connectivity index (χ1) is 9.90. The van der Waals surface area contributed by atoms with Crippen LogP contribution in [0.15, 0.2) is 22.2 Å². The van der Waals surface area contributed by atoms with Crippen LogP contribution in [-0.2, 0) is 4.79 Å². The molecule has 0 aliphatic heterocycles. The molecule has 1 aromatic rings. The Morgan fingerprint density at radius 1 is 1.57 bits per heavy atom. The summed E-state index contributed by atoms with van der Waals surface area (Å²) >= 11 is 9.43. The number of nitriles is 1. The molecule has 4 nitrogen and oxygen atoms in total. The van der Waals surface area contributed by atoms with Crippen molar-refractivity contribution in [2.45, 2.75) is 0 Å². The number of ether oxygens (including phenoxy) is 1. The third-order valence-corrected chi connectivity index (χ3v) is 3.26. The minimum atomic E-state index is -0.377. The maximum atomic E-state index is 11.8. The van der Waals surface area contributed by atoms with E-state index in [4.69, 9.17) is 28.0 Å². The van der Waals surface area contributed by atoms with E-state index >= 15 is 0 Å². The van der Waals surface area contributed by atoms with Gasteiger partial charge in [-0.3, -0.25) is 4.79 Å². The largest absolute Gasteiger partial charge is 0.478 e. The van der Waals surface area contributed by atoms with E-state index in [2.05, 4.69) is 21.9 Å². The molecule has 0 radical (unpaired) electrons. The number of terminal acetylenes is 1. The fourth-order valence-electron chi connectivity index (χ4n) is 1.46. The van der Waals surface area contributed by atoms with Gasteiger partial charge < -0.3 is 9.64 Å². The summed E-state index contributed by atoms with van der Waals surface area (Å²) in [6.45, 7) is 0.0933. The van der Waals surface area contributed by atoms with E-state index in [0.29, 0.717) is 20.8 Å². The van der Waals surface area contributed by atoms with E-state index in [1.807, 2.05) is 6.07 Å². The van der Waals surface area contributed by atoms with Crippen molar-refractivity contribution in [3.05, 3.63) is 32.8 Å². The standard InChI is InChI=1S/C15H12BrClN2O2/c1-4-5-21-14-12(16)7-10(8-13(14)17)6-11(9-18)15(20)19(2)3/h1,6-8H,5H2,2-3H3/b11-6-. The molecule has 1 aromatic carbocycles. The van der Waals surface area contributed by atoms with Crippen LogP contribution in [-0.4, -0.2) is 31.5 Å². The number of rotatable bonds is 4. The Kier molecular flexibility index (Phi) is 6.30. The molecule has 0 aromatic heterocycles. The second-order valence-electron chi connectivity index (χ2n) is 4.18. The van der Waals surface area contributed by atoms with Crippen molar-refractivity contribution >= 4 is 39.5 Å². The van der Waals surface area contributed by atoms with E-state index < -0.39 is 0 Å². The summed E-state index contributed by atoms with van der Waals surface area (Å²) in [5.41, 5.74) is 0.618. The van der Waals surface area contributed by atoms with Crippen LogP contribution in [0.3, 0.4) is 0 Å². The summed E-state index contributed by atoms with van der Waals surface area (Å²) in [5.74, 6) is 2.39. The highest BCUT2D eigenvalue weighted by molar-refractivity contribution is 9.10. The van der Waals surface area contributed by atoms with Crippen molar-refractivity contribution in [1.82, 2.24) is 4.90 Å². The summed E-state index contributed by atoms with van der Waals surface area (Å²) < 4.78 is 5.90. The molecule has 0 spiro atoms. The van der Waals surface area contributed by atoms with Gasteiger partial charge in [0.15, 0.2) is 5.75 Å². The lowest BCUT2D eigenvalue weighted by Gasteiger charge is -2.10. The van der Waals surface area contributed by atoms with E-state index in [-0.39, 0.29) is 18.1 Å². The summed E-state index contributed by atoms with van der Waals surface area (Å²) in [6, 6.07) is 5.16. The Morgan fingerprint density at radius 2 is 2.24 bits per heavy atom. The summed E-state index contributed by atoms with van der Waals surface area (Å²) in [6.07, 6.45) is 6.59. The molecular weight excluding hydrogens is 356 g/mol. The Bertz CT molecular complexity index is 646. The van der Waals surface area contributed by atoms with Gasteiger partial charge in [-0.1, -0.05) is 17.5 Å². The van der Waals surface area contributed by atoms with Crippen LogP contribution in [0.1, 0.15) is 5.56 Å². The van der Waals surface area contributed by atoms with Crippen LogP contribution < -0.4 is 4.74 Å². The lowest BCUT2D eigenvalue weighted by Crippen LogP contribution is -2.22.